The van der Waals surface area contributed by atoms with Crippen molar-refractivity contribution < 1.29 is 9.13 Å². The van der Waals surface area contributed by atoms with E-state index in [-0.39, 0.29) is 11.5 Å². The standard InChI is InChI=1S/C9H12N4O3S/c10-8-5-7(13(14)15)6-9(11-8)12-1-3-17(16)4-2-12/h5-6H,1-4H2,(H2,10,11). The van der Waals surface area contributed by atoms with E-state index in [2.05, 4.69) is 4.98 Å². The van der Waals surface area contributed by atoms with E-state index in [1.807, 2.05) is 4.90 Å². The fourth-order valence-electron chi connectivity index (χ4n) is 1.66. The van der Waals surface area contributed by atoms with Gasteiger partial charge in [-0.1, -0.05) is 0 Å². The van der Waals surface area contributed by atoms with Gasteiger partial charge in [0.2, 0.25) is 0 Å². The van der Waals surface area contributed by atoms with Crippen LogP contribution in [0.3, 0.4) is 0 Å². The number of nitrogen functional groups attached to an aromatic ring is 1. The zero-order valence-electron chi connectivity index (χ0n) is 9.04. The molecule has 0 aliphatic carbocycles. The van der Waals surface area contributed by atoms with Gasteiger partial charge in [0.05, 0.1) is 17.1 Å². The molecule has 2 rings (SSSR count). The van der Waals surface area contributed by atoms with Crippen molar-refractivity contribution in [2.24, 2.45) is 0 Å². The highest BCUT2D eigenvalue weighted by Gasteiger charge is 2.19. The monoisotopic (exact) mass is 256 g/mol. The second kappa shape index (κ2) is 4.66. The number of anilines is 2. The van der Waals surface area contributed by atoms with Gasteiger partial charge in [0.25, 0.3) is 5.69 Å². The molecule has 0 radical (unpaired) electrons. The number of nitrogens with two attached hydrogens (primary N) is 1. The third-order valence-corrected chi connectivity index (χ3v) is 3.80. The van der Waals surface area contributed by atoms with Crippen molar-refractivity contribution in [3.05, 3.63) is 22.2 Å². The molecule has 1 saturated heterocycles. The highest BCUT2D eigenvalue weighted by molar-refractivity contribution is 7.85. The van der Waals surface area contributed by atoms with E-state index < -0.39 is 15.7 Å². The molecular weight excluding hydrogens is 244 g/mol. The molecular formula is C9H12N4O3S. The Morgan fingerprint density at radius 3 is 2.65 bits per heavy atom. The van der Waals surface area contributed by atoms with Gasteiger partial charge in [-0.05, 0) is 0 Å². The van der Waals surface area contributed by atoms with Crippen molar-refractivity contribution in [1.29, 1.82) is 0 Å². The molecule has 8 heteroatoms. The van der Waals surface area contributed by atoms with Crippen LogP contribution in [0, 0.1) is 10.1 Å². The summed E-state index contributed by atoms with van der Waals surface area (Å²) in [7, 11) is -0.789. The zero-order chi connectivity index (χ0) is 12.4. The SMILES string of the molecule is Nc1cc([N+](=O)[O-])cc(N2CCS(=O)CC2)n1. The van der Waals surface area contributed by atoms with Gasteiger partial charge in [0.1, 0.15) is 11.6 Å². The molecule has 0 amide bonds. The topological polar surface area (TPSA) is 102 Å². The maximum atomic E-state index is 11.2. The summed E-state index contributed by atoms with van der Waals surface area (Å²) in [6.45, 7) is 1.17. The zero-order valence-corrected chi connectivity index (χ0v) is 9.85. The van der Waals surface area contributed by atoms with E-state index in [0.717, 1.165) is 0 Å². The predicted molar refractivity (Wildman–Crippen MR) is 65.4 cm³/mol. The third kappa shape index (κ3) is 2.70. The van der Waals surface area contributed by atoms with Gasteiger partial charge < -0.3 is 10.6 Å². The first-order valence-corrected chi connectivity index (χ1v) is 6.57. The second-order valence-corrected chi connectivity index (χ2v) is 5.40. The average molecular weight is 256 g/mol. The summed E-state index contributed by atoms with van der Waals surface area (Å²) in [6.07, 6.45) is 0. The maximum Gasteiger partial charge on any atom is 0.276 e. The Morgan fingerprint density at radius 2 is 2.06 bits per heavy atom. The van der Waals surface area contributed by atoms with E-state index in [1.54, 1.807) is 0 Å². The van der Waals surface area contributed by atoms with Crippen LogP contribution in [-0.4, -0.2) is 38.7 Å². The van der Waals surface area contributed by atoms with E-state index >= 15 is 0 Å². The van der Waals surface area contributed by atoms with Crippen molar-refractivity contribution in [3.63, 3.8) is 0 Å². The van der Waals surface area contributed by atoms with Crippen molar-refractivity contribution in [1.82, 2.24) is 4.98 Å². The Morgan fingerprint density at radius 1 is 1.41 bits per heavy atom. The summed E-state index contributed by atoms with van der Waals surface area (Å²) in [4.78, 5) is 16.1. The molecule has 17 heavy (non-hydrogen) atoms. The fourth-order valence-corrected chi connectivity index (χ4v) is 2.71. The lowest BCUT2D eigenvalue weighted by atomic mass is 10.3. The lowest BCUT2D eigenvalue weighted by molar-refractivity contribution is -0.384. The highest BCUT2D eigenvalue weighted by Crippen LogP contribution is 2.22. The Balaban J connectivity index is 2.26. The molecule has 1 aliphatic rings. The molecule has 2 N–H and O–H groups in total. The molecule has 92 valence electrons. The van der Waals surface area contributed by atoms with Gasteiger partial charge in [0, 0.05) is 35.4 Å². The molecule has 7 nitrogen and oxygen atoms in total. The number of hydrogen-bond donors (Lipinski definition) is 1. The minimum absolute atomic E-state index is 0.0702. The molecule has 0 spiro atoms. The number of nitro groups is 1. The molecule has 0 unspecified atom stereocenters. The smallest absolute Gasteiger partial charge is 0.276 e. The van der Waals surface area contributed by atoms with Crippen LogP contribution in [0.2, 0.25) is 0 Å². The molecule has 0 aromatic carbocycles. The Hall–Kier alpha value is -1.70. The highest BCUT2D eigenvalue weighted by atomic mass is 32.2. The van der Waals surface area contributed by atoms with Crippen molar-refractivity contribution in [2.45, 2.75) is 0 Å². The van der Waals surface area contributed by atoms with E-state index in [1.165, 1.54) is 12.1 Å². The van der Waals surface area contributed by atoms with Gasteiger partial charge in [-0.3, -0.25) is 14.3 Å². The first-order valence-electron chi connectivity index (χ1n) is 5.08. The van der Waals surface area contributed by atoms with Crippen molar-refractivity contribution in [2.75, 3.05) is 35.2 Å². The van der Waals surface area contributed by atoms with Gasteiger partial charge >= 0.3 is 0 Å². The van der Waals surface area contributed by atoms with Gasteiger partial charge in [0.15, 0.2) is 0 Å². The van der Waals surface area contributed by atoms with Crippen LogP contribution in [0.5, 0.6) is 0 Å². The number of pyridine rings is 1. The van der Waals surface area contributed by atoms with Gasteiger partial charge in [-0.15, -0.1) is 0 Å². The molecule has 1 aromatic rings. The number of nitrogens with zero attached hydrogens (tertiary/aromatic N) is 3. The summed E-state index contributed by atoms with van der Waals surface area (Å²) < 4.78 is 11.2. The van der Waals surface area contributed by atoms with Crippen LogP contribution in [0.15, 0.2) is 12.1 Å². The van der Waals surface area contributed by atoms with E-state index in [4.69, 9.17) is 5.73 Å². The summed E-state index contributed by atoms with van der Waals surface area (Å²) >= 11 is 0. The normalized spacial score (nSPS) is 17.1. The Labute approximate surface area is 100 Å². The minimum atomic E-state index is -0.789. The molecule has 0 saturated carbocycles. The van der Waals surface area contributed by atoms with Gasteiger partial charge in [-0.25, -0.2) is 4.98 Å². The Bertz CT molecular complexity index is 469. The van der Waals surface area contributed by atoms with Crippen LogP contribution in [0.1, 0.15) is 0 Å². The first kappa shape index (κ1) is 11.8. The van der Waals surface area contributed by atoms with E-state index in [0.29, 0.717) is 30.4 Å². The average Bonchev–Trinajstić information content (AvgIpc) is 2.29. The number of hydrogen-bond acceptors (Lipinski definition) is 6. The molecule has 1 fully saturated rings. The number of rotatable bonds is 2. The molecule has 1 aliphatic heterocycles. The summed E-state index contributed by atoms with van der Waals surface area (Å²) in [5.41, 5.74) is 5.46. The first-order chi connectivity index (χ1) is 8.06. The van der Waals surface area contributed by atoms with Crippen LogP contribution in [-0.2, 0) is 10.8 Å². The largest absolute Gasteiger partial charge is 0.383 e. The van der Waals surface area contributed by atoms with Crippen LogP contribution in [0.25, 0.3) is 0 Å². The third-order valence-electron chi connectivity index (χ3n) is 2.53. The number of aromatic nitrogens is 1. The second-order valence-electron chi connectivity index (χ2n) is 3.70. The van der Waals surface area contributed by atoms with Crippen LogP contribution in [0.4, 0.5) is 17.3 Å². The van der Waals surface area contributed by atoms with E-state index in [9.17, 15) is 14.3 Å². The lowest BCUT2D eigenvalue weighted by Crippen LogP contribution is -2.38. The quantitative estimate of drug-likeness (QED) is 0.596. The summed E-state index contributed by atoms with van der Waals surface area (Å²) in [5.74, 6) is 1.73. The molecule has 2 heterocycles. The van der Waals surface area contributed by atoms with Crippen LogP contribution >= 0.6 is 0 Å². The van der Waals surface area contributed by atoms with Gasteiger partial charge in [-0.2, -0.15) is 0 Å². The predicted octanol–water partition coefficient (Wildman–Crippen LogP) is 0.141. The minimum Gasteiger partial charge on any atom is -0.383 e. The maximum absolute atomic E-state index is 11.2. The lowest BCUT2D eigenvalue weighted by Gasteiger charge is -2.27. The fraction of sp³-hybridized carbons (Fsp3) is 0.444. The Kier molecular flexibility index (Phi) is 3.23. The molecule has 0 atom stereocenters. The van der Waals surface area contributed by atoms with Crippen molar-refractivity contribution >= 4 is 28.1 Å². The molecule has 1 aromatic heterocycles. The van der Waals surface area contributed by atoms with Crippen molar-refractivity contribution in [3.8, 4) is 0 Å². The summed E-state index contributed by atoms with van der Waals surface area (Å²) in [6, 6.07) is 2.62. The molecule has 0 bridgehead atoms. The summed E-state index contributed by atoms with van der Waals surface area (Å²) in [5, 5.41) is 10.7. The van der Waals surface area contributed by atoms with Crippen LogP contribution < -0.4 is 10.6 Å².